The van der Waals surface area contributed by atoms with Crippen LogP contribution in [-0.2, 0) is 11.3 Å². The fourth-order valence-electron chi connectivity index (χ4n) is 1.73. The third-order valence-corrected chi connectivity index (χ3v) is 3.50. The van der Waals surface area contributed by atoms with E-state index >= 15 is 0 Å². The molecule has 1 aromatic rings. The minimum absolute atomic E-state index is 0.359. The average Bonchev–Trinajstić information content (AvgIpc) is 2.51. The van der Waals surface area contributed by atoms with Crippen molar-refractivity contribution in [3.8, 4) is 0 Å². The number of halogens is 1. The first-order chi connectivity index (χ1) is 6.74. The van der Waals surface area contributed by atoms with E-state index < -0.39 is 0 Å². The summed E-state index contributed by atoms with van der Waals surface area (Å²) in [7, 11) is 0. The van der Waals surface area contributed by atoms with Crippen molar-refractivity contribution in [3.63, 3.8) is 0 Å². The zero-order chi connectivity index (χ0) is 9.97. The van der Waals surface area contributed by atoms with Gasteiger partial charge in [-0.15, -0.1) is 11.3 Å². The highest BCUT2D eigenvalue weighted by Gasteiger charge is 2.16. The fourth-order valence-corrected chi connectivity index (χ4v) is 2.63. The predicted molar refractivity (Wildman–Crippen MR) is 58.8 cm³/mol. The molecule has 0 saturated carbocycles. The van der Waals surface area contributed by atoms with Crippen LogP contribution in [0.1, 0.15) is 18.4 Å². The number of thiophene rings is 1. The molecule has 2 nitrogen and oxygen atoms in total. The molecule has 2 heterocycles. The molecule has 0 N–H and O–H groups in total. The van der Waals surface area contributed by atoms with Crippen molar-refractivity contribution in [1.29, 1.82) is 0 Å². The summed E-state index contributed by atoms with van der Waals surface area (Å²) in [6.07, 6.45) is 1.75. The number of carbonyl (C=O) groups is 1. The molecule has 0 aliphatic carbocycles. The first kappa shape index (κ1) is 10.1. The molecule has 0 unspecified atom stereocenters. The summed E-state index contributed by atoms with van der Waals surface area (Å²) in [5.74, 6) is 0.359. The molecule has 1 fully saturated rings. The molecule has 1 saturated heterocycles. The number of nitrogens with zero attached hydrogens (tertiary/aromatic N) is 1. The molecule has 0 amide bonds. The monoisotopic (exact) mass is 229 g/mol. The van der Waals surface area contributed by atoms with Gasteiger partial charge in [0.25, 0.3) is 0 Å². The molecule has 0 bridgehead atoms. The standard InChI is InChI=1S/C10H12ClNOS/c11-10-4-8(7-14-10)5-12-3-1-2-9(13)6-12/h4,7H,1-3,5-6H2. The van der Waals surface area contributed by atoms with Crippen LogP contribution in [0.4, 0.5) is 0 Å². The first-order valence-electron chi connectivity index (χ1n) is 4.71. The second-order valence-corrected chi connectivity index (χ2v) is 5.15. The molecule has 1 aliphatic heterocycles. The van der Waals surface area contributed by atoms with E-state index in [1.165, 1.54) is 5.56 Å². The lowest BCUT2D eigenvalue weighted by atomic mass is 10.1. The molecule has 2 rings (SSSR count). The van der Waals surface area contributed by atoms with E-state index in [1.54, 1.807) is 11.3 Å². The topological polar surface area (TPSA) is 20.3 Å². The van der Waals surface area contributed by atoms with Gasteiger partial charge < -0.3 is 0 Å². The maximum atomic E-state index is 11.2. The van der Waals surface area contributed by atoms with Crippen LogP contribution in [0.5, 0.6) is 0 Å². The van der Waals surface area contributed by atoms with Crippen LogP contribution in [0.3, 0.4) is 0 Å². The van der Waals surface area contributed by atoms with E-state index in [0.29, 0.717) is 12.3 Å². The zero-order valence-corrected chi connectivity index (χ0v) is 9.40. The SMILES string of the molecule is O=C1CCCN(Cc2csc(Cl)c2)C1. The largest absolute Gasteiger partial charge is 0.298 e. The van der Waals surface area contributed by atoms with Gasteiger partial charge in [0, 0.05) is 13.0 Å². The van der Waals surface area contributed by atoms with Crippen molar-refractivity contribution in [2.24, 2.45) is 0 Å². The Morgan fingerprint density at radius 1 is 1.57 bits per heavy atom. The Morgan fingerprint density at radius 3 is 3.07 bits per heavy atom. The van der Waals surface area contributed by atoms with Crippen molar-refractivity contribution >= 4 is 28.7 Å². The highest BCUT2D eigenvalue weighted by Crippen LogP contribution is 2.21. The number of likely N-dealkylation sites (tertiary alicyclic amines) is 1. The second-order valence-electron chi connectivity index (χ2n) is 3.61. The molecule has 1 aromatic heterocycles. The Hall–Kier alpha value is -0.380. The average molecular weight is 230 g/mol. The number of rotatable bonds is 2. The van der Waals surface area contributed by atoms with Crippen LogP contribution < -0.4 is 0 Å². The lowest BCUT2D eigenvalue weighted by Gasteiger charge is -2.24. The van der Waals surface area contributed by atoms with Crippen molar-refractivity contribution in [3.05, 3.63) is 21.3 Å². The highest BCUT2D eigenvalue weighted by atomic mass is 35.5. The number of hydrogen-bond donors (Lipinski definition) is 0. The number of carbonyl (C=O) groups excluding carboxylic acids is 1. The Labute approximate surface area is 92.5 Å². The smallest absolute Gasteiger partial charge is 0.146 e. The van der Waals surface area contributed by atoms with Crippen molar-refractivity contribution in [1.82, 2.24) is 4.90 Å². The molecule has 4 heteroatoms. The summed E-state index contributed by atoms with van der Waals surface area (Å²) < 4.78 is 0.823. The van der Waals surface area contributed by atoms with E-state index in [4.69, 9.17) is 11.6 Å². The van der Waals surface area contributed by atoms with Crippen LogP contribution in [0.15, 0.2) is 11.4 Å². The van der Waals surface area contributed by atoms with E-state index in [2.05, 4.69) is 10.3 Å². The van der Waals surface area contributed by atoms with E-state index in [-0.39, 0.29) is 0 Å². The second kappa shape index (κ2) is 4.43. The fraction of sp³-hybridized carbons (Fsp3) is 0.500. The van der Waals surface area contributed by atoms with E-state index in [1.807, 2.05) is 6.07 Å². The molecule has 0 aromatic carbocycles. The summed E-state index contributed by atoms with van der Waals surface area (Å²) in [6, 6.07) is 1.98. The third-order valence-electron chi connectivity index (χ3n) is 2.36. The summed E-state index contributed by atoms with van der Waals surface area (Å²) in [4.78, 5) is 13.4. The molecule has 1 aliphatic rings. The summed E-state index contributed by atoms with van der Waals surface area (Å²) >= 11 is 7.39. The minimum atomic E-state index is 0.359. The molecule has 0 radical (unpaired) electrons. The van der Waals surface area contributed by atoms with Crippen LogP contribution in [0.25, 0.3) is 0 Å². The molecule has 0 spiro atoms. The van der Waals surface area contributed by atoms with Crippen molar-refractivity contribution < 1.29 is 4.79 Å². The molecular weight excluding hydrogens is 218 g/mol. The Morgan fingerprint density at radius 2 is 2.43 bits per heavy atom. The van der Waals surface area contributed by atoms with Crippen LogP contribution in [-0.4, -0.2) is 23.8 Å². The lowest BCUT2D eigenvalue weighted by Crippen LogP contribution is -2.34. The highest BCUT2D eigenvalue weighted by molar-refractivity contribution is 7.14. The Balaban J connectivity index is 1.93. The van der Waals surface area contributed by atoms with Crippen molar-refractivity contribution in [2.75, 3.05) is 13.1 Å². The van der Waals surface area contributed by atoms with Gasteiger partial charge in [0.05, 0.1) is 10.9 Å². The van der Waals surface area contributed by atoms with Gasteiger partial charge in [-0.25, -0.2) is 0 Å². The van der Waals surface area contributed by atoms with Crippen LogP contribution >= 0.6 is 22.9 Å². The normalized spacial score (nSPS) is 18.8. The number of Topliss-reactive ketones (excluding diaryl/α,β-unsaturated/α-hetero) is 1. The maximum absolute atomic E-state index is 11.2. The van der Waals surface area contributed by atoms with E-state index in [0.717, 1.165) is 30.3 Å². The number of hydrogen-bond acceptors (Lipinski definition) is 3. The minimum Gasteiger partial charge on any atom is -0.298 e. The summed E-state index contributed by atoms with van der Waals surface area (Å²) in [5.41, 5.74) is 1.22. The van der Waals surface area contributed by atoms with Crippen molar-refractivity contribution in [2.45, 2.75) is 19.4 Å². The maximum Gasteiger partial charge on any atom is 0.146 e. The third kappa shape index (κ3) is 2.56. The summed E-state index contributed by atoms with van der Waals surface area (Å²) in [6.45, 7) is 2.49. The van der Waals surface area contributed by atoms with Gasteiger partial charge in [-0.05, 0) is 30.0 Å². The molecule has 76 valence electrons. The van der Waals surface area contributed by atoms with Gasteiger partial charge in [0.2, 0.25) is 0 Å². The molecule has 14 heavy (non-hydrogen) atoms. The van der Waals surface area contributed by atoms with Gasteiger partial charge in [0.1, 0.15) is 5.78 Å². The van der Waals surface area contributed by atoms with Gasteiger partial charge in [-0.2, -0.15) is 0 Å². The Bertz CT molecular complexity index is 337. The summed E-state index contributed by atoms with van der Waals surface area (Å²) in [5, 5.41) is 2.06. The number of piperidine rings is 1. The zero-order valence-electron chi connectivity index (χ0n) is 7.83. The first-order valence-corrected chi connectivity index (χ1v) is 5.97. The van der Waals surface area contributed by atoms with Gasteiger partial charge in [-0.1, -0.05) is 11.6 Å². The lowest BCUT2D eigenvalue weighted by molar-refractivity contribution is -0.122. The Kier molecular flexibility index (Phi) is 3.21. The molecular formula is C10H12ClNOS. The van der Waals surface area contributed by atoms with Gasteiger partial charge in [-0.3, -0.25) is 9.69 Å². The van der Waals surface area contributed by atoms with Gasteiger partial charge in [0.15, 0.2) is 0 Å². The predicted octanol–water partition coefficient (Wildman–Crippen LogP) is 2.57. The quantitative estimate of drug-likeness (QED) is 0.777. The van der Waals surface area contributed by atoms with Gasteiger partial charge >= 0.3 is 0 Å². The molecule has 0 atom stereocenters. The number of ketones is 1. The van der Waals surface area contributed by atoms with Crippen LogP contribution in [0, 0.1) is 0 Å². The van der Waals surface area contributed by atoms with E-state index in [9.17, 15) is 4.79 Å². The van der Waals surface area contributed by atoms with Crippen LogP contribution in [0.2, 0.25) is 4.34 Å².